The summed E-state index contributed by atoms with van der Waals surface area (Å²) in [6.45, 7) is 2.26. The molecule has 0 radical (unpaired) electrons. The van der Waals surface area contributed by atoms with Crippen LogP contribution in [-0.2, 0) is 4.79 Å². The van der Waals surface area contributed by atoms with E-state index in [-0.39, 0.29) is 17.6 Å². The van der Waals surface area contributed by atoms with Crippen LogP contribution < -0.4 is 4.74 Å². The summed E-state index contributed by atoms with van der Waals surface area (Å²) in [5.41, 5.74) is 0. The Bertz CT molecular complexity index is 629. The third-order valence-electron chi connectivity index (χ3n) is 6.99. The van der Waals surface area contributed by atoms with Crippen LogP contribution >= 0.6 is 0 Å². The number of unbranched alkanes of at least 4 members (excludes halogenated alkanes) is 2. The summed E-state index contributed by atoms with van der Waals surface area (Å²) in [5.74, 6) is 0.255. The first-order valence-electron chi connectivity index (χ1n) is 11.2. The number of esters is 1. The predicted octanol–water partition coefficient (Wildman–Crippen LogP) is 7.06. The molecule has 0 saturated heterocycles. The van der Waals surface area contributed by atoms with Gasteiger partial charge in [-0.1, -0.05) is 45.4 Å². The zero-order chi connectivity index (χ0) is 19.9. The standard InChI is InChI=1S/C24H34F2O2/c1-2-3-4-5-17-6-8-18(9-7-17)19-10-12-20(13-11-19)24(27)28-21-14-15-22(25)23(26)16-21/h14-20H,2-13H2,1H3. The molecule has 0 amide bonds. The van der Waals surface area contributed by atoms with Crippen LogP contribution in [0, 0.1) is 35.3 Å². The molecule has 1 aromatic rings. The van der Waals surface area contributed by atoms with E-state index in [1.54, 1.807) is 0 Å². The molecule has 28 heavy (non-hydrogen) atoms. The van der Waals surface area contributed by atoms with Crippen molar-refractivity contribution in [1.29, 1.82) is 0 Å². The number of hydrogen-bond donors (Lipinski definition) is 0. The van der Waals surface area contributed by atoms with Gasteiger partial charge in [0.15, 0.2) is 11.6 Å². The highest BCUT2D eigenvalue weighted by Crippen LogP contribution is 2.42. The molecule has 0 spiro atoms. The Kier molecular flexibility index (Phi) is 7.87. The molecule has 0 heterocycles. The van der Waals surface area contributed by atoms with Crippen LogP contribution in [0.15, 0.2) is 18.2 Å². The van der Waals surface area contributed by atoms with Crippen molar-refractivity contribution >= 4 is 5.97 Å². The summed E-state index contributed by atoms with van der Waals surface area (Å²) >= 11 is 0. The van der Waals surface area contributed by atoms with Crippen molar-refractivity contribution in [3.05, 3.63) is 29.8 Å². The first-order chi connectivity index (χ1) is 13.6. The first-order valence-corrected chi connectivity index (χ1v) is 11.2. The molecule has 2 nitrogen and oxygen atoms in total. The number of carbonyl (C=O) groups is 1. The van der Waals surface area contributed by atoms with Crippen LogP contribution in [0.4, 0.5) is 8.78 Å². The highest BCUT2D eigenvalue weighted by atomic mass is 19.2. The van der Waals surface area contributed by atoms with Crippen molar-refractivity contribution in [3.8, 4) is 5.75 Å². The Morgan fingerprint density at radius 1 is 0.929 bits per heavy atom. The number of benzene rings is 1. The topological polar surface area (TPSA) is 26.3 Å². The Morgan fingerprint density at radius 3 is 2.18 bits per heavy atom. The van der Waals surface area contributed by atoms with Gasteiger partial charge in [-0.05, 0) is 68.4 Å². The smallest absolute Gasteiger partial charge is 0.314 e. The molecule has 0 atom stereocenters. The fourth-order valence-corrected chi connectivity index (χ4v) is 5.20. The molecule has 0 unspecified atom stereocenters. The maximum absolute atomic E-state index is 13.3. The largest absolute Gasteiger partial charge is 0.426 e. The summed E-state index contributed by atoms with van der Waals surface area (Å²) in [6.07, 6.45) is 14.8. The van der Waals surface area contributed by atoms with Crippen LogP contribution in [-0.4, -0.2) is 5.97 Å². The van der Waals surface area contributed by atoms with E-state index in [9.17, 15) is 13.6 Å². The number of carbonyl (C=O) groups excluding carboxylic acids is 1. The average molecular weight is 393 g/mol. The molecule has 156 valence electrons. The molecule has 2 aliphatic carbocycles. The fraction of sp³-hybridized carbons (Fsp3) is 0.708. The molecule has 0 aliphatic heterocycles. The van der Waals surface area contributed by atoms with E-state index in [2.05, 4.69) is 6.92 Å². The maximum atomic E-state index is 13.3. The average Bonchev–Trinajstić information content (AvgIpc) is 2.72. The maximum Gasteiger partial charge on any atom is 0.314 e. The SMILES string of the molecule is CCCCCC1CCC(C2CCC(C(=O)Oc3ccc(F)c(F)c3)CC2)CC1. The molecule has 2 saturated carbocycles. The van der Waals surface area contributed by atoms with Gasteiger partial charge in [0, 0.05) is 6.07 Å². The van der Waals surface area contributed by atoms with Crippen LogP contribution in [0.3, 0.4) is 0 Å². The second-order valence-electron chi connectivity index (χ2n) is 8.89. The molecule has 0 bridgehead atoms. The first kappa shape index (κ1) is 21.3. The van der Waals surface area contributed by atoms with E-state index < -0.39 is 11.6 Å². The highest BCUT2D eigenvalue weighted by molar-refractivity contribution is 5.75. The zero-order valence-corrected chi connectivity index (χ0v) is 17.1. The molecular formula is C24H34F2O2. The monoisotopic (exact) mass is 392 g/mol. The van der Waals surface area contributed by atoms with Crippen molar-refractivity contribution < 1.29 is 18.3 Å². The van der Waals surface area contributed by atoms with Crippen molar-refractivity contribution in [2.24, 2.45) is 23.7 Å². The van der Waals surface area contributed by atoms with Gasteiger partial charge in [-0.3, -0.25) is 4.79 Å². The Labute approximate surface area is 168 Å². The molecule has 4 heteroatoms. The van der Waals surface area contributed by atoms with Crippen LogP contribution in [0.2, 0.25) is 0 Å². The van der Waals surface area contributed by atoms with Gasteiger partial charge < -0.3 is 4.74 Å². The lowest BCUT2D eigenvalue weighted by atomic mass is 9.68. The van der Waals surface area contributed by atoms with Gasteiger partial charge in [0.2, 0.25) is 0 Å². The lowest BCUT2D eigenvalue weighted by molar-refractivity contribution is -0.140. The van der Waals surface area contributed by atoms with Gasteiger partial charge in [0.25, 0.3) is 0 Å². The Balaban J connectivity index is 1.39. The van der Waals surface area contributed by atoms with Gasteiger partial charge in [-0.25, -0.2) is 8.78 Å². The second-order valence-corrected chi connectivity index (χ2v) is 8.89. The quantitative estimate of drug-likeness (QED) is 0.282. The lowest BCUT2D eigenvalue weighted by Gasteiger charge is -2.37. The highest BCUT2D eigenvalue weighted by Gasteiger charge is 2.33. The molecule has 1 aromatic carbocycles. The molecule has 2 aliphatic rings. The minimum absolute atomic E-state index is 0.0902. The van der Waals surface area contributed by atoms with E-state index in [1.807, 2.05) is 0 Å². The van der Waals surface area contributed by atoms with Gasteiger partial charge in [0.05, 0.1) is 5.92 Å². The van der Waals surface area contributed by atoms with Crippen LogP contribution in [0.25, 0.3) is 0 Å². The van der Waals surface area contributed by atoms with E-state index in [0.29, 0.717) is 0 Å². The minimum atomic E-state index is -0.987. The summed E-state index contributed by atoms with van der Waals surface area (Å²) in [4.78, 5) is 12.4. The predicted molar refractivity (Wildman–Crippen MR) is 107 cm³/mol. The second kappa shape index (κ2) is 10.4. The third-order valence-corrected chi connectivity index (χ3v) is 6.99. The van der Waals surface area contributed by atoms with Gasteiger partial charge in [0.1, 0.15) is 5.75 Å². The zero-order valence-electron chi connectivity index (χ0n) is 17.1. The molecule has 2 fully saturated rings. The summed E-state index contributed by atoms with van der Waals surface area (Å²) in [5, 5.41) is 0. The number of rotatable bonds is 7. The number of hydrogen-bond acceptors (Lipinski definition) is 2. The van der Waals surface area contributed by atoms with Gasteiger partial charge in [-0.15, -0.1) is 0 Å². The Morgan fingerprint density at radius 2 is 1.57 bits per heavy atom. The Hall–Kier alpha value is -1.45. The molecule has 3 rings (SSSR count). The van der Waals surface area contributed by atoms with Crippen molar-refractivity contribution in [3.63, 3.8) is 0 Å². The minimum Gasteiger partial charge on any atom is -0.426 e. The number of halogens is 2. The molecule has 0 aromatic heterocycles. The molecule has 0 N–H and O–H groups in total. The summed E-state index contributed by atoms with van der Waals surface area (Å²) < 4.78 is 31.6. The van der Waals surface area contributed by atoms with E-state index in [1.165, 1.54) is 57.4 Å². The normalized spacial score (nSPS) is 28.1. The third kappa shape index (κ3) is 5.78. The van der Waals surface area contributed by atoms with Crippen molar-refractivity contribution in [2.45, 2.75) is 84.0 Å². The summed E-state index contributed by atoms with van der Waals surface area (Å²) in [7, 11) is 0. The summed E-state index contributed by atoms with van der Waals surface area (Å²) in [6, 6.07) is 3.24. The van der Waals surface area contributed by atoms with E-state index >= 15 is 0 Å². The van der Waals surface area contributed by atoms with Gasteiger partial charge >= 0.3 is 5.97 Å². The van der Waals surface area contributed by atoms with Crippen LogP contribution in [0.5, 0.6) is 5.75 Å². The lowest BCUT2D eigenvalue weighted by Crippen LogP contribution is -2.30. The van der Waals surface area contributed by atoms with Crippen molar-refractivity contribution in [2.75, 3.05) is 0 Å². The van der Waals surface area contributed by atoms with Crippen LogP contribution in [0.1, 0.15) is 84.0 Å². The molecular weight excluding hydrogens is 358 g/mol. The van der Waals surface area contributed by atoms with Crippen molar-refractivity contribution in [1.82, 2.24) is 0 Å². The van der Waals surface area contributed by atoms with E-state index in [0.717, 1.165) is 55.6 Å². The van der Waals surface area contributed by atoms with Gasteiger partial charge in [-0.2, -0.15) is 0 Å². The van der Waals surface area contributed by atoms with E-state index in [4.69, 9.17) is 4.74 Å². The number of ether oxygens (including phenoxy) is 1. The fourth-order valence-electron chi connectivity index (χ4n) is 5.20.